The molecular formula is C17H19FN4O3S. The van der Waals surface area contributed by atoms with Crippen molar-refractivity contribution < 1.29 is 19.1 Å². The number of carbonyl (C=O) groups is 2. The number of aliphatic hydroxyl groups excluding tert-OH is 1. The lowest BCUT2D eigenvalue weighted by molar-refractivity contribution is -0.121. The van der Waals surface area contributed by atoms with E-state index >= 15 is 0 Å². The molecule has 2 rings (SSSR count). The zero-order chi connectivity index (χ0) is 18.9. The maximum Gasteiger partial charge on any atom is 0.240 e. The summed E-state index contributed by atoms with van der Waals surface area (Å²) in [6.07, 6.45) is 3.01. The zero-order valence-electron chi connectivity index (χ0n) is 13.9. The summed E-state index contributed by atoms with van der Waals surface area (Å²) in [6.45, 7) is 3.55. The van der Waals surface area contributed by atoms with Crippen molar-refractivity contribution in [3.05, 3.63) is 54.6 Å². The van der Waals surface area contributed by atoms with Gasteiger partial charge in [-0.2, -0.15) is 0 Å². The van der Waals surface area contributed by atoms with E-state index in [1.807, 2.05) is 0 Å². The summed E-state index contributed by atoms with van der Waals surface area (Å²) in [7, 11) is 0. The minimum Gasteiger partial charge on any atom is -0.390 e. The summed E-state index contributed by atoms with van der Waals surface area (Å²) in [5.74, 6) is -1.02. The van der Waals surface area contributed by atoms with E-state index < -0.39 is 5.82 Å². The van der Waals surface area contributed by atoms with Crippen molar-refractivity contribution in [2.24, 2.45) is 0 Å². The fourth-order valence-corrected chi connectivity index (χ4v) is 2.88. The number of rotatable bonds is 9. The van der Waals surface area contributed by atoms with Crippen molar-refractivity contribution in [3.8, 4) is 0 Å². The van der Waals surface area contributed by atoms with Crippen molar-refractivity contribution >= 4 is 29.3 Å². The normalized spacial score (nSPS) is 10.4. The predicted octanol–water partition coefficient (Wildman–Crippen LogP) is 1.55. The van der Waals surface area contributed by atoms with E-state index in [1.54, 1.807) is 16.7 Å². The first-order chi connectivity index (χ1) is 12.5. The molecule has 26 heavy (non-hydrogen) atoms. The zero-order valence-corrected chi connectivity index (χ0v) is 14.8. The number of hydrogen-bond acceptors (Lipinski definition) is 5. The molecule has 138 valence electrons. The van der Waals surface area contributed by atoms with Gasteiger partial charge < -0.3 is 20.3 Å². The summed E-state index contributed by atoms with van der Waals surface area (Å²) in [6, 6.07) is 5.59. The van der Waals surface area contributed by atoms with Crippen LogP contribution in [0.2, 0.25) is 0 Å². The van der Waals surface area contributed by atoms with Crippen LogP contribution in [-0.2, 0) is 22.7 Å². The highest BCUT2D eigenvalue weighted by molar-refractivity contribution is 7.99. The largest absolute Gasteiger partial charge is 0.390 e. The van der Waals surface area contributed by atoms with Crippen LogP contribution in [0.25, 0.3) is 0 Å². The van der Waals surface area contributed by atoms with E-state index in [1.165, 1.54) is 24.4 Å². The van der Waals surface area contributed by atoms with Crippen molar-refractivity contribution in [2.45, 2.75) is 18.3 Å². The van der Waals surface area contributed by atoms with Crippen molar-refractivity contribution in [1.29, 1.82) is 0 Å². The molecule has 0 saturated heterocycles. The van der Waals surface area contributed by atoms with Crippen LogP contribution in [-0.4, -0.2) is 38.8 Å². The summed E-state index contributed by atoms with van der Waals surface area (Å²) in [4.78, 5) is 28.0. The molecule has 0 spiro atoms. The number of halogens is 1. The van der Waals surface area contributed by atoms with Gasteiger partial charge in [-0.05, 0) is 18.2 Å². The molecule has 0 bridgehead atoms. The fourth-order valence-electron chi connectivity index (χ4n) is 2.08. The molecule has 1 aromatic carbocycles. The molecule has 9 heteroatoms. The first-order valence-corrected chi connectivity index (χ1v) is 8.73. The SMILES string of the molecule is C=CCNC(=O)Cn1c(CO)cnc1SCC(=O)Nc1cccc(F)c1. The van der Waals surface area contributed by atoms with Crippen LogP contribution < -0.4 is 10.6 Å². The number of aliphatic hydroxyl groups is 1. The van der Waals surface area contributed by atoms with E-state index in [-0.39, 0.29) is 30.7 Å². The molecular weight excluding hydrogens is 359 g/mol. The predicted molar refractivity (Wildman–Crippen MR) is 97.1 cm³/mol. The van der Waals surface area contributed by atoms with E-state index in [2.05, 4.69) is 22.2 Å². The van der Waals surface area contributed by atoms with Gasteiger partial charge in [-0.25, -0.2) is 9.37 Å². The number of imidazole rings is 1. The molecule has 2 aromatic rings. The molecule has 0 aliphatic rings. The van der Waals surface area contributed by atoms with Gasteiger partial charge in [0.05, 0.1) is 24.3 Å². The topological polar surface area (TPSA) is 96.2 Å². The lowest BCUT2D eigenvalue weighted by Crippen LogP contribution is -2.28. The van der Waals surface area contributed by atoms with Crippen molar-refractivity contribution in [2.75, 3.05) is 17.6 Å². The Hall–Kier alpha value is -2.65. The Balaban J connectivity index is 1.98. The van der Waals surface area contributed by atoms with Crippen molar-refractivity contribution in [3.63, 3.8) is 0 Å². The number of thioether (sulfide) groups is 1. The highest BCUT2D eigenvalue weighted by Gasteiger charge is 2.15. The second kappa shape index (κ2) is 9.73. The Morgan fingerprint density at radius 1 is 1.38 bits per heavy atom. The number of nitrogens with zero attached hydrogens (tertiary/aromatic N) is 2. The number of amides is 2. The van der Waals surface area contributed by atoms with Gasteiger partial charge in [0.15, 0.2) is 5.16 Å². The minimum absolute atomic E-state index is 0.0205. The van der Waals surface area contributed by atoms with Crippen LogP contribution in [0.15, 0.2) is 48.3 Å². The molecule has 7 nitrogen and oxygen atoms in total. The van der Waals surface area contributed by atoms with Crippen LogP contribution in [0, 0.1) is 5.82 Å². The quantitative estimate of drug-likeness (QED) is 0.454. The highest BCUT2D eigenvalue weighted by Crippen LogP contribution is 2.19. The minimum atomic E-state index is -0.441. The number of carbonyl (C=O) groups excluding carboxylic acids is 2. The van der Waals surface area contributed by atoms with Crippen LogP contribution in [0.1, 0.15) is 5.69 Å². The Morgan fingerprint density at radius 3 is 2.88 bits per heavy atom. The second-order valence-electron chi connectivity index (χ2n) is 5.22. The summed E-state index contributed by atoms with van der Waals surface area (Å²) < 4.78 is 14.7. The molecule has 0 fully saturated rings. The first-order valence-electron chi connectivity index (χ1n) is 7.74. The first kappa shape index (κ1) is 19.7. The third-order valence-corrected chi connectivity index (χ3v) is 4.24. The Labute approximate surface area is 154 Å². The Morgan fingerprint density at radius 2 is 2.19 bits per heavy atom. The fraction of sp³-hybridized carbons (Fsp3) is 0.235. The molecule has 3 N–H and O–H groups in total. The highest BCUT2D eigenvalue weighted by atomic mass is 32.2. The van der Waals surface area contributed by atoms with Crippen LogP contribution in [0.4, 0.5) is 10.1 Å². The second-order valence-corrected chi connectivity index (χ2v) is 6.16. The average molecular weight is 378 g/mol. The van der Waals surface area contributed by atoms with Crippen LogP contribution in [0.3, 0.4) is 0 Å². The Bertz CT molecular complexity index is 794. The third kappa shape index (κ3) is 5.71. The molecule has 1 heterocycles. The van der Waals surface area contributed by atoms with Crippen molar-refractivity contribution in [1.82, 2.24) is 14.9 Å². The molecule has 2 amide bonds. The van der Waals surface area contributed by atoms with Gasteiger partial charge in [0.2, 0.25) is 11.8 Å². The molecule has 0 unspecified atom stereocenters. The van der Waals surface area contributed by atoms with Gasteiger partial charge in [0, 0.05) is 12.2 Å². The monoisotopic (exact) mass is 378 g/mol. The van der Waals surface area contributed by atoms with Gasteiger partial charge in [-0.3, -0.25) is 9.59 Å². The van der Waals surface area contributed by atoms with Crippen LogP contribution in [0.5, 0.6) is 0 Å². The van der Waals surface area contributed by atoms with Crippen LogP contribution >= 0.6 is 11.8 Å². The summed E-state index contributed by atoms with van der Waals surface area (Å²) in [5, 5.41) is 15.0. The van der Waals surface area contributed by atoms with E-state index in [0.29, 0.717) is 23.1 Å². The number of aromatic nitrogens is 2. The number of hydrogen-bond donors (Lipinski definition) is 3. The van der Waals surface area contributed by atoms with E-state index in [9.17, 15) is 19.1 Å². The summed E-state index contributed by atoms with van der Waals surface area (Å²) >= 11 is 1.12. The van der Waals surface area contributed by atoms with Gasteiger partial charge in [0.25, 0.3) is 0 Å². The average Bonchev–Trinajstić information content (AvgIpc) is 3.00. The van der Waals surface area contributed by atoms with Gasteiger partial charge >= 0.3 is 0 Å². The molecule has 1 aromatic heterocycles. The van der Waals surface area contributed by atoms with Gasteiger partial charge in [-0.15, -0.1) is 6.58 Å². The lowest BCUT2D eigenvalue weighted by atomic mass is 10.3. The molecule has 0 aliphatic carbocycles. The maximum absolute atomic E-state index is 13.1. The third-order valence-electron chi connectivity index (χ3n) is 3.25. The van der Waals surface area contributed by atoms with E-state index in [0.717, 1.165) is 11.8 Å². The number of benzene rings is 1. The molecule has 0 saturated carbocycles. The Kier molecular flexibility index (Phi) is 7.37. The lowest BCUT2D eigenvalue weighted by Gasteiger charge is -2.10. The molecule has 0 radical (unpaired) electrons. The molecule has 0 atom stereocenters. The number of nitrogens with one attached hydrogen (secondary N) is 2. The van der Waals surface area contributed by atoms with Gasteiger partial charge in [-0.1, -0.05) is 23.9 Å². The smallest absolute Gasteiger partial charge is 0.240 e. The molecule has 0 aliphatic heterocycles. The van der Waals surface area contributed by atoms with Gasteiger partial charge in [0.1, 0.15) is 12.4 Å². The number of anilines is 1. The maximum atomic E-state index is 13.1. The summed E-state index contributed by atoms with van der Waals surface area (Å²) in [5.41, 5.74) is 0.825. The van der Waals surface area contributed by atoms with E-state index in [4.69, 9.17) is 0 Å². The standard InChI is InChI=1S/C17H19FN4O3S/c1-2-6-19-15(24)9-22-14(10-23)8-20-17(22)26-11-16(25)21-13-5-3-4-12(18)7-13/h2-5,7-8,23H,1,6,9-11H2,(H,19,24)(H,21,25).